The first-order valence-electron chi connectivity index (χ1n) is 9.73. The summed E-state index contributed by atoms with van der Waals surface area (Å²) in [6.07, 6.45) is 3.23. The number of carbonyl (C=O) groups excluding carboxylic acids is 2. The molecular formula is C25H22N2O3. The van der Waals surface area contributed by atoms with E-state index in [9.17, 15) is 14.7 Å². The smallest absolute Gasteiger partial charge is 0.300 e. The Morgan fingerprint density at radius 1 is 0.900 bits per heavy atom. The fraction of sp³-hybridized carbons (Fsp3) is 0.160. The summed E-state index contributed by atoms with van der Waals surface area (Å²) >= 11 is 0. The Morgan fingerprint density at radius 3 is 2.17 bits per heavy atom. The molecule has 2 aromatic carbocycles. The topological polar surface area (TPSA) is 70.5 Å². The Morgan fingerprint density at radius 2 is 1.53 bits per heavy atom. The van der Waals surface area contributed by atoms with Crippen molar-refractivity contribution in [2.45, 2.75) is 26.8 Å². The first-order chi connectivity index (χ1) is 14.4. The quantitative estimate of drug-likeness (QED) is 0.397. The first kappa shape index (κ1) is 19.6. The number of aromatic nitrogens is 1. The van der Waals surface area contributed by atoms with Gasteiger partial charge >= 0.3 is 0 Å². The van der Waals surface area contributed by atoms with E-state index < -0.39 is 17.7 Å². The number of hydrogen-bond acceptors (Lipinski definition) is 4. The summed E-state index contributed by atoms with van der Waals surface area (Å²) in [5.74, 6) is -1.53. The molecule has 3 aromatic rings. The number of carbonyl (C=O) groups is 2. The number of anilines is 1. The molecular weight excluding hydrogens is 376 g/mol. The highest BCUT2D eigenvalue weighted by Crippen LogP contribution is 2.43. The number of pyridine rings is 1. The molecule has 1 aromatic heterocycles. The predicted molar refractivity (Wildman–Crippen MR) is 116 cm³/mol. The minimum atomic E-state index is -0.740. The van der Waals surface area contributed by atoms with Gasteiger partial charge < -0.3 is 5.11 Å². The molecule has 1 aliphatic heterocycles. The number of rotatable bonds is 3. The first-order valence-corrected chi connectivity index (χ1v) is 9.73. The van der Waals surface area contributed by atoms with Gasteiger partial charge in [-0.2, -0.15) is 0 Å². The maximum Gasteiger partial charge on any atom is 0.300 e. The van der Waals surface area contributed by atoms with Crippen molar-refractivity contribution in [3.8, 4) is 0 Å². The molecule has 1 saturated heterocycles. The number of aliphatic hydroxyl groups is 1. The van der Waals surface area contributed by atoms with E-state index in [0.717, 1.165) is 16.7 Å². The maximum atomic E-state index is 13.1. The Labute approximate surface area is 175 Å². The van der Waals surface area contributed by atoms with Crippen LogP contribution in [-0.4, -0.2) is 21.8 Å². The van der Waals surface area contributed by atoms with Gasteiger partial charge in [-0.15, -0.1) is 0 Å². The van der Waals surface area contributed by atoms with Crippen LogP contribution in [0.5, 0.6) is 0 Å². The fourth-order valence-electron chi connectivity index (χ4n) is 3.88. The molecule has 0 bridgehead atoms. The zero-order chi connectivity index (χ0) is 21.4. The molecule has 1 N–H and O–H groups in total. The van der Waals surface area contributed by atoms with Crippen LogP contribution in [0.4, 0.5) is 5.69 Å². The van der Waals surface area contributed by atoms with E-state index in [2.05, 4.69) is 4.98 Å². The predicted octanol–water partition coefficient (Wildman–Crippen LogP) is 4.63. The van der Waals surface area contributed by atoms with Crippen LogP contribution in [0.25, 0.3) is 5.76 Å². The number of ketones is 1. The molecule has 0 aliphatic carbocycles. The minimum Gasteiger partial charge on any atom is -0.507 e. The summed E-state index contributed by atoms with van der Waals surface area (Å²) in [5, 5.41) is 11.1. The van der Waals surface area contributed by atoms with E-state index in [1.54, 1.807) is 36.7 Å². The van der Waals surface area contributed by atoms with Crippen LogP contribution in [0.3, 0.4) is 0 Å². The lowest BCUT2D eigenvalue weighted by molar-refractivity contribution is -0.132. The highest BCUT2D eigenvalue weighted by atomic mass is 16.3. The second-order valence-corrected chi connectivity index (χ2v) is 7.61. The van der Waals surface area contributed by atoms with Crippen molar-refractivity contribution in [1.29, 1.82) is 0 Å². The molecule has 1 atom stereocenters. The van der Waals surface area contributed by atoms with Gasteiger partial charge in [-0.25, -0.2) is 0 Å². The van der Waals surface area contributed by atoms with Gasteiger partial charge in [0.05, 0.1) is 11.6 Å². The fourth-order valence-corrected chi connectivity index (χ4v) is 3.88. The number of amides is 1. The standard InChI is InChI=1S/C25H22N2O3/c1-15-4-7-19(8-5-15)23(28)21-22(18-10-12-26-13-11-18)27(25(30)24(21)29)20-9-6-16(2)14-17(20)3/h4-14,22,28H,1-3H3/b23-21+. The lowest BCUT2D eigenvalue weighted by atomic mass is 9.95. The third kappa shape index (κ3) is 3.28. The van der Waals surface area contributed by atoms with E-state index >= 15 is 0 Å². The second kappa shape index (κ2) is 7.59. The molecule has 0 spiro atoms. The summed E-state index contributed by atoms with van der Waals surface area (Å²) < 4.78 is 0. The average molecular weight is 398 g/mol. The molecule has 1 fully saturated rings. The van der Waals surface area contributed by atoms with Gasteiger partial charge in [-0.3, -0.25) is 19.5 Å². The van der Waals surface area contributed by atoms with Gasteiger partial charge in [0.2, 0.25) is 0 Å². The Hall–Kier alpha value is -3.73. The third-order valence-electron chi connectivity index (χ3n) is 5.40. The van der Waals surface area contributed by atoms with Crippen molar-refractivity contribution in [2.24, 2.45) is 0 Å². The molecule has 1 aliphatic rings. The van der Waals surface area contributed by atoms with E-state index in [4.69, 9.17) is 0 Å². The monoisotopic (exact) mass is 398 g/mol. The minimum absolute atomic E-state index is 0.0787. The number of aryl methyl sites for hydroxylation is 3. The second-order valence-electron chi connectivity index (χ2n) is 7.61. The van der Waals surface area contributed by atoms with Crippen LogP contribution in [0.2, 0.25) is 0 Å². The van der Waals surface area contributed by atoms with Gasteiger partial charge in [-0.1, -0.05) is 47.5 Å². The zero-order valence-corrected chi connectivity index (χ0v) is 17.1. The summed E-state index contributed by atoms with van der Waals surface area (Å²) in [4.78, 5) is 31.8. The van der Waals surface area contributed by atoms with Crippen molar-refractivity contribution >= 4 is 23.1 Å². The summed E-state index contributed by atoms with van der Waals surface area (Å²) in [7, 11) is 0. The van der Waals surface area contributed by atoms with Crippen molar-refractivity contribution in [2.75, 3.05) is 4.90 Å². The van der Waals surface area contributed by atoms with Crippen molar-refractivity contribution in [3.63, 3.8) is 0 Å². The third-order valence-corrected chi connectivity index (χ3v) is 5.40. The average Bonchev–Trinajstić information content (AvgIpc) is 3.00. The molecule has 150 valence electrons. The Kier molecular flexibility index (Phi) is 4.96. The van der Waals surface area contributed by atoms with Crippen molar-refractivity contribution in [1.82, 2.24) is 4.98 Å². The Bertz CT molecular complexity index is 1160. The molecule has 0 saturated carbocycles. The summed E-state index contributed by atoms with van der Waals surface area (Å²) in [6.45, 7) is 5.83. The molecule has 1 amide bonds. The lowest BCUT2D eigenvalue weighted by Gasteiger charge is -2.27. The SMILES string of the molecule is Cc1ccc(/C(O)=C2\C(=O)C(=O)N(c3ccc(C)cc3C)C2c2ccncc2)cc1. The maximum absolute atomic E-state index is 13.1. The number of Topliss-reactive ketones (excluding diaryl/α,β-unsaturated/α-hetero) is 1. The van der Waals surface area contributed by atoms with Crippen LogP contribution < -0.4 is 4.90 Å². The highest BCUT2D eigenvalue weighted by molar-refractivity contribution is 6.51. The van der Waals surface area contributed by atoms with Gasteiger partial charge in [0.25, 0.3) is 11.7 Å². The van der Waals surface area contributed by atoms with Crippen LogP contribution in [0, 0.1) is 20.8 Å². The van der Waals surface area contributed by atoms with Crippen molar-refractivity contribution < 1.29 is 14.7 Å². The number of aliphatic hydroxyl groups excluding tert-OH is 1. The van der Waals surface area contributed by atoms with E-state index in [1.807, 2.05) is 51.1 Å². The van der Waals surface area contributed by atoms with Gasteiger partial charge in [0.15, 0.2) is 0 Å². The highest BCUT2D eigenvalue weighted by Gasteiger charge is 2.47. The van der Waals surface area contributed by atoms with Crippen LogP contribution >= 0.6 is 0 Å². The van der Waals surface area contributed by atoms with Gasteiger partial charge in [0, 0.05) is 23.6 Å². The van der Waals surface area contributed by atoms with Crippen molar-refractivity contribution in [3.05, 3.63) is 100 Å². The summed E-state index contributed by atoms with van der Waals surface area (Å²) in [5.41, 5.74) is 4.91. The van der Waals surface area contributed by atoms with Gasteiger partial charge in [0.1, 0.15) is 5.76 Å². The molecule has 4 rings (SSSR count). The van der Waals surface area contributed by atoms with E-state index in [1.165, 1.54) is 4.90 Å². The molecule has 0 radical (unpaired) electrons. The van der Waals surface area contributed by atoms with Gasteiger partial charge in [-0.05, 0) is 50.1 Å². The van der Waals surface area contributed by atoms with Crippen LogP contribution in [0.1, 0.15) is 33.9 Å². The van der Waals surface area contributed by atoms with Crippen LogP contribution in [-0.2, 0) is 9.59 Å². The van der Waals surface area contributed by atoms with Crippen LogP contribution in [0.15, 0.2) is 72.6 Å². The molecule has 30 heavy (non-hydrogen) atoms. The normalized spacial score (nSPS) is 18.1. The van der Waals surface area contributed by atoms with E-state index in [-0.39, 0.29) is 11.3 Å². The molecule has 2 heterocycles. The number of benzene rings is 2. The summed E-state index contributed by atoms with van der Waals surface area (Å²) in [6, 6.07) is 15.7. The van der Waals surface area contributed by atoms with E-state index in [0.29, 0.717) is 16.8 Å². The molecule has 1 unspecified atom stereocenters. The lowest BCUT2D eigenvalue weighted by Crippen LogP contribution is -2.30. The zero-order valence-electron chi connectivity index (χ0n) is 17.1. The largest absolute Gasteiger partial charge is 0.507 e. The Balaban J connectivity index is 1.96. The number of nitrogens with zero attached hydrogens (tertiary/aromatic N) is 2. The molecule has 5 heteroatoms. The number of hydrogen-bond donors (Lipinski definition) is 1. The molecule has 5 nitrogen and oxygen atoms in total.